The molecule has 1 heterocycles. The number of hydrogen-bond acceptors (Lipinski definition) is 3. The van der Waals surface area contributed by atoms with Crippen LogP contribution >= 0.6 is 23.4 Å². The van der Waals surface area contributed by atoms with E-state index in [9.17, 15) is 4.79 Å². The average Bonchev–Trinajstić information content (AvgIpc) is 2.73. The lowest BCUT2D eigenvalue weighted by Gasteiger charge is -2.20. The van der Waals surface area contributed by atoms with Crippen molar-refractivity contribution in [1.82, 2.24) is 9.78 Å². The molecule has 0 spiro atoms. The first-order chi connectivity index (χ1) is 9.61. The summed E-state index contributed by atoms with van der Waals surface area (Å²) in [7, 11) is 1.86. The van der Waals surface area contributed by atoms with Crippen LogP contribution in [0.25, 0.3) is 0 Å². The molecule has 1 aliphatic rings. The summed E-state index contributed by atoms with van der Waals surface area (Å²) >= 11 is 8.11. The quantitative estimate of drug-likeness (QED) is 0.800. The van der Waals surface area contributed by atoms with Crippen molar-refractivity contribution in [3.8, 4) is 0 Å². The van der Waals surface area contributed by atoms with Crippen LogP contribution in [0.2, 0.25) is 5.02 Å². The number of carbonyl (C=O) groups is 1. The monoisotopic (exact) mass is 314 g/mol. The van der Waals surface area contributed by atoms with Gasteiger partial charge >= 0.3 is 0 Å². The molecule has 1 saturated carbocycles. The van der Waals surface area contributed by atoms with E-state index in [-0.39, 0.29) is 5.78 Å². The first-order valence-corrected chi connectivity index (χ1v) is 8.88. The third kappa shape index (κ3) is 4.01. The number of rotatable bonds is 6. The van der Waals surface area contributed by atoms with Gasteiger partial charge in [0.05, 0.1) is 28.6 Å². The molecule has 0 radical (unpaired) electrons. The average molecular weight is 315 g/mol. The Hall–Kier alpha value is -0.480. The molecule has 1 fully saturated rings. The Morgan fingerprint density at radius 1 is 1.40 bits per heavy atom. The molecular weight excluding hydrogens is 292 g/mol. The molecule has 112 valence electrons. The number of nitrogens with zero attached hydrogens (tertiary/aromatic N) is 2. The Kier molecular flexibility index (Phi) is 5.97. The summed E-state index contributed by atoms with van der Waals surface area (Å²) in [6.45, 7) is 2.03. The first-order valence-electron chi connectivity index (χ1n) is 7.45. The molecule has 3 nitrogen and oxygen atoms in total. The van der Waals surface area contributed by atoms with Gasteiger partial charge in [-0.25, -0.2) is 0 Å². The minimum Gasteiger partial charge on any atom is -0.298 e. The number of aryl methyl sites for hydroxylation is 2. The van der Waals surface area contributed by atoms with E-state index >= 15 is 0 Å². The number of aromatic nitrogens is 2. The lowest BCUT2D eigenvalue weighted by molar-refractivity contribution is -0.116. The molecule has 0 bridgehead atoms. The van der Waals surface area contributed by atoms with Gasteiger partial charge in [-0.1, -0.05) is 37.8 Å². The molecule has 0 amide bonds. The maximum absolute atomic E-state index is 12.1. The maximum Gasteiger partial charge on any atom is 0.148 e. The van der Waals surface area contributed by atoms with Crippen LogP contribution in [0.3, 0.4) is 0 Å². The number of ketones is 1. The van der Waals surface area contributed by atoms with E-state index < -0.39 is 0 Å². The van der Waals surface area contributed by atoms with Crippen LogP contribution in [0.4, 0.5) is 0 Å². The van der Waals surface area contributed by atoms with E-state index in [1.165, 1.54) is 32.1 Å². The van der Waals surface area contributed by atoms with Gasteiger partial charge in [0.25, 0.3) is 0 Å². The van der Waals surface area contributed by atoms with Gasteiger partial charge in [0, 0.05) is 12.3 Å². The van der Waals surface area contributed by atoms with Gasteiger partial charge in [-0.2, -0.15) is 16.9 Å². The molecule has 1 aromatic rings. The van der Waals surface area contributed by atoms with Crippen molar-refractivity contribution in [2.45, 2.75) is 57.1 Å². The van der Waals surface area contributed by atoms with Gasteiger partial charge in [0.2, 0.25) is 0 Å². The van der Waals surface area contributed by atoms with Crippen LogP contribution < -0.4 is 0 Å². The van der Waals surface area contributed by atoms with Crippen molar-refractivity contribution in [2.75, 3.05) is 5.75 Å². The van der Waals surface area contributed by atoms with Crippen LogP contribution in [0.5, 0.6) is 0 Å². The molecular formula is C15H23ClN2OS. The van der Waals surface area contributed by atoms with Crippen molar-refractivity contribution in [2.24, 2.45) is 7.05 Å². The highest BCUT2D eigenvalue weighted by molar-refractivity contribution is 8.00. The van der Waals surface area contributed by atoms with Crippen LogP contribution in [0.1, 0.15) is 50.4 Å². The third-order valence-electron chi connectivity index (χ3n) is 3.90. The molecule has 20 heavy (non-hydrogen) atoms. The topological polar surface area (TPSA) is 34.9 Å². The number of halogens is 1. The van der Waals surface area contributed by atoms with Gasteiger partial charge in [0.1, 0.15) is 5.78 Å². The molecule has 0 aromatic carbocycles. The lowest BCUT2D eigenvalue weighted by Crippen LogP contribution is -2.14. The van der Waals surface area contributed by atoms with Crippen molar-refractivity contribution in [3.05, 3.63) is 16.4 Å². The van der Waals surface area contributed by atoms with Gasteiger partial charge in [-0.3, -0.25) is 9.48 Å². The zero-order valence-electron chi connectivity index (χ0n) is 12.3. The second-order valence-corrected chi connectivity index (χ2v) is 7.14. The molecule has 0 N–H and O–H groups in total. The second kappa shape index (κ2) is 7.51. The summed E-state index contributed by atoms with van der Waals surface area (Å²) in [6, 6.07) is 0. The molecule has 5 heteroatoms. The third-order valence-corrected chi connectivity index (χ3v) is 5.77. The normalized spacial score (nSPS) is 16.6. The van der Waals surface area contributed by atoms with E-state index in [0.29, 0.717) is 22.4 Å². The highest BCUT2D eigenvalue weighted by Gasteiger charge is 2.18. The lowest BCUT2D eigenvalue weighted by atomic mass is 10.0. The molecule has 2 rings (SSSR count). The Balaban J connectivity index is 1.86. The molecule has 0 saturated heterocycles. The van der Waals surface area contributed by atoms with E-state index in [2.05, 4.69) is 5.10 Å². The minimum atomic E-state index is 0.258. The standard InChI is InChI=1S/C15H23ClN2OS/c1-3-13-15(16)14(18(2)17-13)9-11(19)10-20-12-7-5-4-6-8-12/h12H,3-10H2,1-2H3. The van der Waals surface area contributed by atoms with Crippen molar-refractivity contribution >= 4 is 29.1 Å². The van der Waals surface area contributed by atoms with Crippen molar-refractivity contribution < 1.29 is 4.79 Å². The number of thioether (sulfide) groups is 1. The zero-order chi connectivity index (χ0) is 14.5. The maximum atomic E-state index is 12.1. The summed E-state index contributed by atoms with van der Waals surface area (Å²) in [4.78, 5) is 12.1. The van der Waals surface area contributed by atoms with E-state index in [0.717, 1.165) is 17.8 Å². The van der Waals surface area contributed by atoms with Gasteiger partial charge in [-0.05, 0) is 19.3 Å². The van der Waals surface area contributed by atoms with E-state index in [1.54, 1.807) is 4.68 Å². The predicted molar refractivity (Wildman–Crippen MR) is 85.6 cm³/mol. The fraction of sp³-hybridized carbons (Fsp3) is 0.733. The predicted octanol–water partition coefficient (Wildman–Crippen LogP) is 3.81. The highest BCUT2D eigenvalue weighted by Crippen LogP contribution is 2.28. The Morgan fingerprint density at radius 3 is 2.70 bits per heavy atom. The Labute approximate surface area is 130 Å². The minimum absolute atomic E-state index is 0.258. The fourth-order valence-electron chi connectivity index (χ4n) is 2.69. The largest absolute Gasteiger partial charge is 0.298 e. The SMILES string of the molecule is CCc1nn(C)c(CC(=O)CSC2CCCCC2)c1Cl. The van der Waals surface area contributed by atoms with Crippen LogP contribution in [0, 0.1) is 0 Å². The van der Waals surface area contributed by atoms with E-state index in [4.69, 9.17) is 11.6 Å². The van der Waals surface area contributed by atoms with Crippen molar-refractivity contribution in [3.63, 3.8) is 0 Å². The smallest absolute Gasteiger partial charge is 0.148 e. The molecule has 0 aliphatic heterocycles. The summed E-state index contributed by atoms with van der Waals surface area (Å²) in [5.41, 5.74) is 1.75. The molecule has 1 aromatic heterocycles. The first kappa shape index (κ1) is 15.9. The Bertz CT molecular complexity index is 467. The number of carbonyl (C=O) groups excluding carboxylic acids is 1. The molecule has 1 aliphatic carbocycles. The van der Waals surface area contributed by atoms with E-state index in [1.807, 2.05) is 25.7 Å². The summed E-state index contributed by atoms with van der Waals surface area (Å²) in [5.74, 6) is 0.862. The Morgan fingerprint density at radius 2 is 2.10 bits per heavy atom. The fourth-order valence-corrected chi connectivity index (χ4v) is 4.24. The van der Waals surface area contributed by atoms with Crippen LogP contribution in [-0.4, -0.2) is 26.6 Å². The van der Waals surface area contributed by atoms with Gasteiger partial charge < -0.3 is 0 Å². The summed E-state index contributed by atoms with van der Waals surface area (Å²) in [6.07, 6.45) is 7.74. The van der Waals surface area contributed by atoms with Gasteiger partial charge in [0.15, 0.2) is 0 Å². The molecule has 0 unspecified atom stereocenters. The van der Waals surface area contributed by atoms with Gasteiger partial charge in [-0.15, -0.1) is 0 Å². The summed E-state index contributed by atoms with van der Waals surface area (Å²) in [5, 5.41) is 5.71. The summed E-state index contributed by atoms with van der Waals surface area (Å²) < 4.78 is 1.75. The van der Waals surface area contributed by atoms with Crippen LogP contribution in [0.15, 0.2) is 0 Å². The number of hydrogen-bond donors (Lipinski definition) is 0. The number of Topliss-reactive ketones (excluding diaryl/α,β-unsaturated/α-hetero) is 1. The second-order valence-electron chi connectivity index (χ2n) is 5.47. The van der Waals surface area contributed by atoms with Crippen molar-refractivity contribution in [1.29, 1.82) is 0 Å². The van der Waals surface area contributed by atoms with Crippen LogP contribution in [-0.2, 0) is 24.7 Å². The highest BCUT2D eigenvalue weighted by atomic mass is 35.5. The molecule has 0 atom stereocenters. The zero-order valence-corrected chi connectivity index (χ0v) is 13.9.